The van der Waals surface area contributed by atoms with Crippen LogP contribution >= 0.6 is 0 Å². The first-order valence-electron chi connectivity index (χ1n) is 4.45. The first-order valence-corrected chi connectivity index (χ1v) is 4.45. The van der Waals surface area contributed by atoms with Crippen LogP contribution in [0.25, 0.3) is 0 Å². The van der Waals surface area contributed by atoms with Crippen molar-refractivity contribution in [1.82, 2.24) is 0 Å². The molecule has 0 saturated carbocycles. The number of carboxylic acids is 1. The molecule has 1 unspecified atom stereocenters. The molecule has 16 heavy (non-hydrogen) atoms. The van der Waals surface area contributed by atoms with Gasteiger partial charge in [0.05, 0.1) is 6.42 Å². The van der Waals surface area contributed by atoms with Crippen LogP contribution in [0.5, 0.6) is 0 Å². The van der Waals surface area contributed by atoms with Crippen molar-refractivity contribution in [3.63, 3.8) is 0 Å². The molecule has 6 heteroatoms. The molecular weight excluding hydrogens is 214 g/mol. The minimum absolute atomic E-state index is 0.317. The van der Waals surface area contributed by atoms with Crippen molar-refractivity contribution in [1.29, 1.82) is 0 Å². The third kappa shape index (κ3) is 2.88. The molecule has 0 aliphatic carbocycles. The van der Waals surface area contributed by atoms with Crippen molar-refractivity contribution in [2.24, 2.45) is 0 Å². The zero-order valence-electron chi connectivity index (χ0n) is 8.16. The molecule has 0 radical (unpaired) electrons. The maximum absolute atomic E-state index is 10.8. The van der Waals surface area contributed by atoms with E-state index in [0.717, 1.165) is 0 Å². The first-order chi connectivity index (χ1) is 7.52. The van der Waals surface area contributed by atoms with Crippen molar-refractivity contribution >= 4 is 11.9 Å². The first kappa shape index (κ1) is 11.8. The molecule has 0 aliphatic rings. The fourth-order valence-corrected chi connectivity index (χ4v) is 1.27. The van der Waals surface area contributed by atoms with Gasteiger partial charge in [-0.15, -0.1) is 0 Å². The van der Waals surface area contributed by atoms with Crippen molar-refractivity contribution < 1.29 is 19.6 Å². The molecule has 1 aromatic rings. The van der Waals surface area contributed by atoms with E-state index in [9.17, 15) is 24.8 Å². The summed E-state index contributed by atoms with van der Waals surface area (Å²) in [7, 11) is 0. The van der Waals surface area contributed by atoms with Gasteiger partial charge in [-0.3, -0.25) is 10.1 Å². The highest BCUT2D eigenvalue weighted by Crippen LogP contribution is 2.19. The van der Waals surface area contributed by atoms with E-state index in [0.29, 0.717) is 5.56 Å². The standard InChI is InChI=1S/C10H9NO5/c12-9(11(15)16)6-8(10(13)14)7-4-2-1-3-5-7/h1-5,8H,6H2,(H,13,14)/p-1. The van der Waals surface area contributed by atoms with Gasteiger partial charge < -0.3 is 9.90 Å². The summed E-state index contributed by atoms with van der Waals surface area (Å²) in [5.41, 5.74) is 0.317. The Morgan fingerprint density at radius 3 is 2.25 bits per heavy atom. The Morgan fingerprint density at radius 2 is 1.81 bits per heavy atom. The Bertz CT molecular complexity index is 414. The fraction of sp³-hybridized carbons (Fsp3) is 0.200. The molecule has 0 aromatic heterocycles. The smallest absolute Gasteiger partial charge is 0.445 e. The molecule has 0 bridgehead atoms. The molecule has 0 saturated heterocycles. The topological polar surface area (TPSA) is 100 Å². The molecular formula is C10H8NO5-. The summed E-state index contributed by atoms with van der Waals surface area (Å²) >= 11 is 0. The number of carbonyl (C=O) groups excluding carboxylic acids is 2. The molecule has 0 N–H and O–H groups in total. The van der Waals surface area contributed by atoms with Crippen molar-refractivity contribution in [2.75, 3.05) is 0 Å². The molecule has 0 fully saturated rings. The van der Waals surface area contributed by atoms with Crippen molar-refractivity contribution in [3.8, 4) is 0 Å². The Hall–Kier alpha value is -2.24. The second kappa shape index (κ2) is 5.01. The number of aliphatic carboxylic acids is 1. The normalized spacial score (nSPS) is 11.8. The van der Waals surface area contributed by atoms with Gasteiger partial charge in [0.15, 0.2) is 0 Å². The molecule has 0 heterocycles. The lowest BCUT2D eigenvalue weighted by Crippen LogP contribution is -2.32. The highest BCUT2D eigenvalue weighted by molar-refractivity contribution is 5.81. The van der Waals surface area contributed by atoms with Gasteiger partial charge in [-0.05, 0) is 5.56 Å². The number of hydrogen-bond acceptors (Lipinski definition) is 5. The van der Waals surface area contributed by atoms with E-state index in [2.05, 4.69) is 0 Å². The summed E-state index contributed by atoms with van der Waals surface area (Å²) in [5.74, 6) is -4.11. The predicted octanol–water partition coefficient (Wildman–Crippen LogP) is -0.287. The van der Waals surface area contributed by atoms with Crippen LogP contribution in [0.1, 0.15) is 17.9 Å². The van der Waals surface area contributed by atoms with E-state index in [1.165, 1.54) is 12.1 Å². The van der Waals surface area contributed by atoms with Gasteiger partial charge in [0.25, 0.3) is 0 Å². The summed E-state index contributed by atoms with van der Waals surface area (Å²) in [6, 6.07) is 7.80. The largest absolute Gasteiger partial charge is 0.549 e. The number of benzene rings is 1. The third-order valence-corrected chi connectivity index (χ3v) is 2.07. The monoisotopic (exact) mass is 222 g/mol. The van der Waals surface area contributed by atoms with E-state index < -0.39 is 29.1 Å². The summed E-state index contributed by atoms with van der Waals surface area (Å²) in [4.78, 5) is 30.6. The van der Waals surface area contributed by atoms with Crippen LogP contribution in [0.15, 0.2) is 30.3 Å². The van der Waals surface area contributed by atoms with Gasteiger partial charge >= 0.3 is 5.91 Å². The van der Waals surface area contributed by atoms with Crippen LogP contribution in [0.4, 0.5) is 0 Å². The zero-order valence-corrected chi connectivity index (χ0v) is 8.16. The van der Waals surface area contributed by atoms with E-state index in [-0.39, 0.29) is 0 Å². The number of nitro groups is 1. The van der Waals surface area contributed by atoms with E-state index >= 15 is 0 Å². The molecule has 0 aliphatic heterocycles. The van der Waals surface area contributed by atoms with Gasteiger partial charge in [0.1, 0.15) is 4.92 Å². The molecule has 6 nitrogen and oxygen atoms in total. The van der Waals surface area contributed by atoms with Gasteiger partial charge in [0.2, 0.25) is 0 Å². The number of nitrogens with zero attached hydrogens (tertiary/aromatic N) is 1. The maximum atomic E-state index is 10.8. The number of carboxylic acid groups (broad SMARTS) is 1. The molecule has 1 aromatic carbocycles. The lowest BCUT2D eigenvalue weighted by atomic mass is 9.96. The summed E-state index contributed by atoms with van der Waals surface area (Å²) < 4.78 is 0. The minimum atomic E-state index is -1.50. The molecule has 1 amide bonds. The van der Waals surface area contributed by atoms with Gasteiger partial charge in [0, 0.05) is 11.9 Å². The molecule has 0 spiro atoms. The van der Waals surface area contributed by atoms with Crippen LogP contribution in [0.2, 0.25) is 0 Å². The van der Waals surface area contributed by atoms with Gasteiger partial charge in [-0.1, -0.05) is 30.3 Å². The average molecular weight is 222 g/mol. The Morgan fingerprint density at radius 1 is 1.25 bits per heavy atom. The van der Waals surface area contributed by atoms with Crippen LogP contribution < -0.4 is 5.11 Å². The molecule has 84 valence electrons. The van der Waals surface area contributed by atoms with E-state index in [1.54, 1.807) is 18.2 Å². The zero-order chi connectivity index (χ0) is 12.1. The lowest BCUT2D eigenvalue weighted by Gasteiger charge is -2.15. The fourth-order valence-electron chi connectivity index (χ4n) is 1.27. The third-order valence-electron chi connectivity index (χ3n) is 2.07. The van der Waals surface area contributed by atoms with Gasteiger partial charge in [-0.25, -0.2) is 4.79 Å². The molecule has 1 rings (SSSR count). The maximum Gasteiger partial charge on any atom is 0.445 e. The van der Waals surface area contributed by atoms with E-state index in [1.807, 2.05) is 0 Å². The number of rotatable bonds is 4. The van der Waals surface area contributed by atoms with Crippen molar-refractivity contribution in [2.45, 2.75) is 12.3 Å². The van der Waals surface area contributed by atoms with Gasteiger partial charge in [-0.2, -0.15) is 0 Å². The van der Waals surface area contributed by atoms with Crippen molar-refractivity contribution in [3.05, 3.63) is 46.0 Å². The number of carbonyl (C=O) groups is 2. The van der Waals surface area contributed by atoms with Crippen LogP contribution in [-0.4, -0.2) is 16.8 Å². The Kier molecular flexibility index (Phi) is 3.71. The van der Waals surface area contributed by atoms with E-state index in [4.69, 9.17) is 0 Å². The average Bonchev–Trinajstić information content (AvgIpc) is 2.26. The van der Waals surface area contributed by atoms with Crippen LogP contribution in [-0.2, 0) is 9.59 Å². The summed E-state index contributed by atoms with van der Waals surface area (Å²) in [6.45, 7) is 0. The van der Waals surface area contributed by atoms with Crippen LogP contribution in [0.3, 0.4) is 0 Å². The Labute approximate surface area is 90.7 Å². The number of hydrogen-bond donors (Lipinski definition) is 0. The minimum Gasteiger partial charge on any atom is -0.549 e. The Balaban J connectivity index is 2.89. The van der Waals surface area contributed by atoms with Crippen LogP contribution in [0, 0.1) is 10.1 Å². The highest BCUT2D eigenvalue weighted by atomic mass is 16.6. The summed E-state index contributed by atoms with van der Waals surface area (Å²) in [5, 5.41) is 20.9. The quantitative estimate of drug-likeness (QED) is 0.514. The second-order valence-electron chi connectivity index (χ2n) is 3.14. The number of amides is 1. The molecule has 1 atom stereocenters. The summed E-state index contributed by atoms with van der Waals surface area (Å²) in [6.07, 6.45) is -0.695. The predicted molar refractivity (Wildman–Crippen MR) is 50.8 cm³/mol. The second-order valence-corrected chi connectivity index (χ2v) is 3.14. The highest BCUT2D eigenvalue weighted by Gasteiger charge is 2.24. The SMILES string of the molecule is O=C([O-])C(CC(=O)[N+](=O)[O-])c1ccccc1. The lowest BCUT2D eigenvalue weighted by molar-refractivity contribution is -0.403.